The van der Waals surface area contributed by atoms with E-state index in [4.69, 9.17) is 4.74 Å². The summed E-state index contributed by atoms with van der Waals surface area (Å²) in [5.41, 5.74) is 1.62. The Kier molecular flexibility index (Phi) is 7.98. The van der Waals surface area contributed by atoms with Crippen molar-refractivity contribution in [2.75, 3.05) is 18.6 Å². The minimum atomic E-state index is -0.124. The first-order chi connectivity index (χ1) is 16.0. The van der Waals surface area contributed by atoms with E-state index in [1.54, 1.807) is 13.3 Å². The van der Waals surface area contributed by atoms with Gasteiger partial charge in [-0.05, 0) is 43.4 Å². The summed E-state index contributed by atoms with van der Waals surface area (Å²) in [6.07, 6.45) is 6.11. The predicted molar refractivity (Wildman–Crippen MR) is 132 cm³/mol. The van der Waals surface area contributed by atoms with Gasteiger partial charge in [-0.15, -0.1) is 0 Å². The molecule has 0 aliphatic carbocycles. The number of rotatable bonds is 9. The number of pyridine rings is 1. The quantitative estimate of drug-likeness (QED) is 0.501. The zero-order chi connectivity index (χ0) is 23.2. The van der Waals surface area contributed by atoms with Gasteiger partial charge in [0.2, 0.25) is 5.91 Å². The van der Waals surface area contributed by atoms with E-state index in [1.807, 2.05) is 42.5 Å². The molecule has 2 bridgehead atoms. The minimum Gasteiger partial charge on any atom is -0.384 e. The average molecular weight is 515 g/mol. The van der Waals surface area contributed by atoms with Crippen molar-refractivity contribution < 1.29 is 14.3 Å². The maximum absolute atomic E-state index is 12.5. The van der Waals surface area contributed by atoms with Crippen molar-refractivity contribution in [3.63, 3.8) is 0 Å². The Morgan fingerprint density at radius 1 is 1.15 bits per heavy atom. The molecule has 2 aromatic rings. The third-order valence-corrected chi connectivity index (χ3v) is 7.01. The zero-order valence-corrected chi connectivity index (χ0v) is 20.5. The summed E-state index contributed by atoms with van der Waals surface area (Å²) in [6.45, 7) is 1.01. The van der Waals surface area contributed by atoms with Crippen molar-refractivity contribution in [3.05, 3.63) is 59.8 Å². The fraction of sp³-hybridized carbons (Fsp3) is 0.480. The number of methoxy groups -OCH3 is 1. The number of carbonyl (C=O) groups is 2. The van der Waals surface area contributed by atoms with Crippen molar-refractivity contribution >= 4 is 33.6 Å². The lowest BCUT2D eigenvalue weighted by Crippen LogP contribution is -2.51. The summed E-state index contributed by atoms with van der Waals surface area (Å²) in [5, 5.41) is 6.15. The fourth-order valence-electron chi connectivity index (χ4n) is 4.95. The number of piperidine rings is 1. The molecular weight excluding hydrogens is 484 g/mol. The number of nitrogens with zero attached hydrogens (tertiary/aromatic N) is 2. The van der Waals surface area contributed by atoms with Crippen LogP contribution in [0.4, 0.5) is 5.82 Å². The lowest BCUT2D eigenvalue weighted by molar-refractivity contribution is -0.122. The van der Waals surface area contributed by atoms with Gasteiger partial charge in [-0.3, -0.25) is 9.59 Å². The van der Waals surface area contributed by atoms with Crippen molar-refractivity contribution in [2.45, 2.75) is 61.6 Å². The van der Waals surface area contributed by atoms with Crippen molar-refractivity contribution in [1.82, 2.24) is 15.6 Å². The maximum Gasteiger partial charge on any atom is 0.253 e. The van der Waals surface area contributed by atoms with Crippen LogP contribution in [-0.2, 0) is 16.1 Å². The molecule has 2 aliphatic heterocycles. The van der Waals surface area contributed by atoms with Crippen LogP contribution in [0.1, 0.15) is 48.0 Å². The third kappa shape index (κ3) is 6.12. The smallest absolute Gasteiger partial charge is 0.253 e. The Hall–Kier alpha value is -2.45. The number of halogens is 1. The molecule has 176 valence electrons. The molecule has 3 atom stereocenters. The number of nitrogens with one attached hydrogen (secondary N) is 2. The molecule has 0 radical (unpaired) electrons. The second kappa shape index (κ2) is 11.1. The molecule has 2 N–H and O–H groups in total. The van der Waals surface area contributed by atoms with Crippen LogP contribution in [0.2, 0.25) is 0 Å². The summed E-state index contributed by atoms with van der Waals surface area (Å²) in [4.78, 5) is 31.9. The second-order valence-corrected chi connectivity index (χ2v) is 10.2. The minimum absolute atomic E-state index is 0.0342. The number of hydrogen-bond acceptors (Lipinski definition) is 5. The van der Waals surface area contributed by atoms with Crippen molar-refractivity contribution in [2.24, 2.45) is 0 Å². The zero-order valence-electron chi connectivity index (χ0n) is 18.9. The van der Waals surface area contributed by atoms with Gasteiger partial charge in [-0.2, -0.15) is 0 Å². The molecule has 33 heavy (non-hydrogen) atoms. The van der Waals surface area contributed by atoms with E-state index in [-0.39, 0.29) is 22.7 Å². The number of aromatic nitrogens is 1. The van der Waals surface area contributed by atoms with Gasteiger partial charge < -0.3 is 20.3 Å². The van der Waals surface area contributed by atoms with Crippen molar-refractivity contribution in [1.29, 1.82) is 0 Å². The number of benzene rings is 1. The van der Waals surface area contributed by atoms with E-state index < -0.39 is 0 Å². The van der Waals surface area contributed by atoms with Crippen LogP contribution in [0.25, 0.3) is 0 Å². The lowest BCUT2D eigenvalue weighted by atomic mass is 9.97. The monoisotopic (exact) mass is 514 g/mol. The van der Waals surface area contributed by atoms with E-state index in [0.717, 1.165) is 37.1 Å². The first-order valence-corrected chi connectivity index (χ1v) is 12.4. The predicted octanol–water partition coefficient (Wildman–Crippen LogP) is 3.43. The third-order valence-electron chi connectivity index (χ3n) is 6.42. The lowest BCUT2D eigenvalue weighted by Gasteiger charge is -2.40. The van der Waals surface area contributed by atoms with Crippen LogP contribution in [0, 0.1) is 0 Å². The average Bonchev–Trinajstić information content (AvgIpc) is 3.08. The van der Waals surface area contributed by atoms with Gasteiger partial charge in [0.15, 0.2) is 0 Å². The number of alkyl halides is 1. The molecule has 2 saturated heterocycles. The van der Waals surface area contributed by atoms with Crippen molar-refractivity contribution in [3.8, 4) is 0 Å². The van der Waals surface area contributed by atoms with Crippen LogP contribution < -0.4 is 15.5 Å². The number of hydrogen-bond donors (Lipinski definition) is 2. The summed E-state index contributed by atoms with van der Waals surface area (Å²) < 4.78 is 5.09. The van der Waals surface area contributed by atoms with E-state index in [2.05, 4.69) is 36.4 Å². The van der Waals surface area contributed by atoms with E-state index in [1.165, 1.54) is 0 Å². The van der Waals surface area contributed by atoms with Gasteiger partial charge in [-0.1, -0.05) is 46.3 Å². The first-order valence-electron chi connectivity index (χ1n) is 11.5. The van der Waals surface area contributed by atoms with Gasteiger partial charge in [0, 0.05) is 49.2 Å². The second-order valence-electron chi connectivity index (χ2n) is 8.86. The van der Waals surface area contributed by atoms with Gasteiger partial charge in [-0.25, -0.2) is 4.98 Å². The highest BCUT2D eigenvalue weighted by Gasteiger charge is 2.41. The highest BCUT2D eigenvalue weighted by molar-refractivity contribution is 9.09. The van der Waals surface area contributed by atoms with E-state index in [0.29, 0.717) is 37.2 Å². The van der Waals surface area contributed by atoms with Gasteiger partial charge >= 0.3 is 0 Å². The highest BCUT2D eigenvalue weighted by Crippen LogP contribution is 2.38. The van der Waals surface area contributed by atoms with Gasteiger partial charge in [0.1, 0.15) is 5.82 Å². The fourth-order valence-corrected chi connectivity index (χ4v) is 5.51. The molecule has 2 fully saturated rings. The highest BCUT2D eigenvalue weighted by atomic mass is 79.9. The topological polar surface area (TPSA) is 83.6 Å². The number of ether oxygens (including phenoxy) is 1. The Morgan fingerprint density at radius 2 is 1.88 bits per heavy atom. The Balaban J connectivity index is 1.31. The van der Waals surface area contributed by atoms with E-state index in [9.17, 15) is 9.59 Å². The van der Waals surface area contributed by atoms with E-state index >= 15 is 0 Å². The molecular formula is C25H31BrN4O3. The molecule has 2 aliphatic rings. The molecule has 3 heterocycles. The van der Waals surface area contributed by atoms with Gasteiger partial charge in [0.25, 0.3) is 5.91 Å². The number of amides is 2. The largest absolute Gasteiger partial charge is 0.384 e. The molecule has 1 aromatic carbocycles. The Labute approximate surface area is 203 Å². The molecule has 0 spiro atoms. The SMILES string of the molecule is COCC(Br)CC(=O)NC1CC2CCC(C1)N2c1ccc(C(=O)NCc2ccccc2)cn1. The van der Waals surface area contributed by atoms with Crippen LogP contribution in [0.15, 0.2) is 48.7 Å². The van der Waals surface area contributed by atoms with Gasteiger partial charge in [0.05, 0.1) is 12.2 Å². The summed E-state index contributed by atoms with van der Waals surface area (Å²) in [5.74, 6) is 0.851. The summed E-state index contributed by atoms with van der Waals surface area (Å²) in [7, 11) is 1.64. The Morgan fingerprint density at radius 3 is 2.52 bits per heavy atom. The van der Waals surface area contributed by atoms with Crippen LogP contribution in [0.3, 0.4) is 0 Å². The molecule has 4 rings (SSSR count). The number of fused-ring (bicyclic) bond motifs is 2. The molecule has 2 amide bonds. The summed E-state index contributed by atoms with van der Waals surface area (Å²) in [6, 6.07) is 14.6. The first kappa shape index (κ1) is 23.7. The van der Waals surface area contributed by atoms with Crippen LogP contribution in [0.5, 0.6) is 0 Å². The molecule has 8 heteroatoms. The van der Waals surface area contributed by atoms with Crippen LogP contribution >= 0.6 is 15.9 Å². The number of anilines is 1. The summed E-state index contributed by atoms with van der Waals surface area (Å²) >= 11 is 3.49. The number of carbonyl (C=O) groups excluding carboxylic acids is 2. The van der Waals surface area contributed by atoms with Crippen LogP contribution in [-0.4, -0.2) is 53.5 Å². The maximum atomic E-state index is 12.5. The standard InChI is InChI=1S/C25H31BrN4O3/c1-33-16-19(26)11-24(31)29-20-12-21-8-9-22(13-20)30(21)23-10-7-18(15-27-23)25(32)28-14-17-5-3-2-4-6-17/h2-7,10,15,19-22H,8-9,11-14,16H2,1H3,(H,28,32)(H,29,31). The molecule has 3 unspecified atom stereocenters. The molecule has 7 nitrogen and oxygen atoms in total. The normalized spacial score (nSPS) is 22.6. The molecule has 1 aromatic heterocycles. The molecule has 0 saturated carbocycles. The Bertz CT molecular complexity index is 926.